The monoisotopic (exact) mass is 328 g/mol. The summed E-state index contributed by atoms with van der Waals surface area (Å²) in [5.74, 6) is 2.37. The van der Waals surface area contributed by atoms with Crippen molar-refractivity contribution in [2.75, 3.05) is 18.1 Å². The largest absolute Gasteiger partial charge is 0.374 e. The van der Waals surface area contributed by atoms with E-state index in [0.29, 0.717) is 6.04 Å². The van der Waals surface area contributed by atoms with Gasteiger partial charge in [0.1, 0.15) is 0 Å². The summed E-state index contributed by atoms with van der Waals surface area (Å²) >= 11 is 8.51. The molecule has 0 radical (unpaired) electrons. The molecule has 3 unspecified atom stereocenters. The van der Waals surface area contributed by atoms with Gasteiger partial charge in [0.2, 0.25) is 0 Å². The van der Waals surface area contributed by atoms with Gasteiger partial charge in [-0.25, -0.2) is 0 Å². The molecule has 2 saturated heterocycles. The van der Waals surface area contributed by atoms with Gasteiger partial charge in [-0.1, -0.05) is 6.92 Å². The van der Waals surface area contributed by atoms with Gasteiger partial charge < -0.3 is 4.74 Å². The number of ether oxygens (including phenoxy) is 1. The summed E-state index contributed by atoms with van der Waals surface area (Å²) in [7, 11) is 0. The fourth-order valence-corrected chi connectivity index (χ4v) is 5.46. The van der Waals surface area contributed by atoms with Crippen molar-refractivity contribution in [2.24, 2.45) is 0 Å². The Morgan fingerprint density at radius 1 is 1.52 bits per heavy atom. The lowest BCUT2D eigenvalue weighted by Crippen LogP contribution is -2.41. The molecular formula is C16H25ClN2OS. The van der Waals surface area contributed by atoms with Crippen LogP contribution in [0.2, 0.25) is 0 Å². The lowest BCUT2D eigenvalue weighted by atomic mass is 9.90. The van der Waals surface area contributed by atoms with Gasteiger partial charge in [-0.2, -0.15) is 16.9 Å². The van der Waals surface area contributed by atoms with Gasteiger partial charge in [0.05, 0.1) is 22.7 Å². The first-order valence-corrected chi connectivity index (χ1v) is 9.57. The maximum absolute atomic E-state index is 6.49. The molecule has 0 saturated carbocycles. The standard InChI is InChI=1S/C16H25ClN2OS/c1-4-14(17)15-11(2)18-19(12(15)3)13-5-7-20-16(9-13)6-8-21-10-16/h13-14H,4-10H2,1-3H3. The molecule has 118 valence electrons. The summed E-state index contributed by atoms with van der Waals surface area (Å²) in [5.41, 5.74) is 3.68. The van der Waals surface area contributed by atoms with E-state index in [-0.39, 0.29) is 11.0 Å². The minimum Gasteiger partial charge on any atom is -0.374 e. The van der Waals surface area contributed by atoms with E-state index in [0.717, 1.165) is 37.3 Å². The fourth-order valence-electron chi connectivity index (χ4n) is 3.76. The number of aryl methyl sites for hydroxylation is 1. The number of rotatable bonds is 3. The van der Waals surface area contributed by atoms with Gasteiger partial charge in [-0.15, -0.1) is 11.6 Å². The number of hydrogen-bond acceptors (Lipinski definition) is 3. The van der Waals surface area contributed by atoms with Crippen LogP contribution in [-0.2, 0) is 4.74 Å². The van der Waals surface area contributed by atoms with Crippen LogP contribution in [-0.4, -0.2) is 33.5 Å². The third kappa shape index (κ3) is 2.87. The topological polar surface area (TPSA) is 27.1 Å². The summed E-state index contributed by atoms with van der Waals surface area (Å²) < 4.78 is 8.37. The summed E-state index contributed by atoms with van der Waals surface area (Å²) in [4.78, 5) is 0. The van der Waals surface area contributed by atoms with E-state index in [1.807, 2.05) is 11.8 Å². The summed E-state index contributed by atoms with van der Waals surface area (Å²) in [6.07, 6.45) is 4.30. The first-order valence-electron chi connectivity index (χ1n) is 7.97. The molecule has 5 heteroatoms. The first kappa shape index (κ1) is 15.7. The van der Waals surface area contributed by atoms with Crippen molar-refractivity contribution < 1.29 is 4.74 Å². The molecule has 3 atom stereocenters. The zero-order valence-electron chi connectivity index (χ0n) is 13.2. The third-order valence-electron chi connectivity index (χ3n) is 4.93. The molecular weight excluding hydrogens is 304 g/mol. The predicted octanol–water partition coefficient (Wildman–Crippen LogP) is 4.42. The molecule has 3 heterocycles. The number of aromatic nitrogens is 2. The van der Waals surface area contributed by atoms with E-state index >= 15 is 0 Å². The van der Waals surface area contributed by atoms with Crippen molar-refractivity contribution in [1.29, 1.82) is 0 Å². The highest BCUT2D eigenvalue weighted by Gasteiger charge is 2.41. The highest BCUT2D eigenvalue weighted by molar-refractivity contribution is 7.99. The molecule has 0 N–H and O–H groups in total. The smallest absolute Gasteiger partial charge is 0.0800 e. The SMILES string of the molecule is CCC(Cl)c1c(C)nn(C2CCOC3(CCSC3)C2)c1C. The molecule has 1 aromatic heterocycles. The number of hydrogen-bond donors (Lipinski definition) is 0. The van der Waals surface area contributed by atoms with Crippen LogP contribution in [0.15, 0.2) is 0 Å². The predicted molar refractivity (Wildman–Crippen MR) is 89.5 cm³/mol. The quantitative estimate of drug-likeness (QED) is 0.769. The molecule has 0 aliphatic carbocycles. The lowest BCUT2D eigenvalue weighted by Gasteiger charge is -2.38. The van der Waals surface area contributed by atoms with E-state index in [1.54, 1.807) is 0 Å². The number of alkyl halides is 1. The van der Waals surface area contributed by atoms with Gasteiger partial charge in [-0.05, 0) is 45.3 Å². The van der Waals surface area contributed by atoms with Crippen LogP contribution in [0.3, 0.4) is 0 Å². The lowest BCUT2D eigenvalue weighted by molar-refractivity contribution is -0.0781. The Kier molecular flexibility index (Phi) is 4.58. The molecule has 0 bridgehead atoms. The summed E-state index contributed by atoms with van der Waals surface area (Å²) in [6.45, 7) is 7.25. The zero-order chi connectivity index (χ0) is 15.0. The second-order valence-corrected chi connectivity index (χ2v) is 8.02. The molecule has 2 aliphatic heterocycles. The van der Waals surface area contributed by atoms with Crippen molar-refractivity contribution >= 4 is 23.4 Å². The second-order valence-electron chi connectivity index (χ2n) is 6.39. The van der Waals surface area contributed by atoms with Gasteiger partial charge in [-0.3, -0.25) is 4.68 Å². The molecule has 0 amide bonds. The molecule has 21 heavy (non-hydrogen) atoms. The van der Waals surface area contributed by atoms with Crippen molar-refractivity contribution in [3.8, 4) is 0 Å². The Balaban J connectivity index is 1.86. The van der Waals surface area contributed by atoms with Crippen LogP contribution in [0.5, 0.6) is 0 Å². The average Bonchev–Trinajstić information content (AvgIpc) is 3.03. The van der Waals surface area contributed by atoms with Crippen LogP contribution >= 0.6 is 23.4 Å². The second kappa shape index (κ2) is 6.13. The molecule has 1 spiro atoms. The summed E-state index contributed by atoms with van der Waals surface area (Å²) in [6, 6.07) is 0.464. The molecule has 3 nitrogen and oxygen atoms in total. The highest BCUT2D eigenvalue weighted by Crippen LogP contribution is 2.43. The summed E-state index contributed by atoms with van der Waals surface area (Å²) in [5, 5.41) is 4.91. The normalized spacial score (nSPS) is 31.0. The third-order valence-corrected chi connectivity index (χ3v) is 6.68. The first-order chi connectivity index (χ1) is 10.1. The molecule has 0 aromatic carbocycles. The van der Waals surface area contributed by atoms with Gasteiger partial charge in [0.15, 0.2) is 0 Å². The van der Waals surface area contributed by atoms with E-state index in [2.05, 4.69) is 25.5 Å². The number of thioether (sulfide) groups is 1. The number of nitrogens with zero attached hydrogens (tertiary/aromatic N) is 2. The van der Waals surface area contributed by atoms with Crippen molar-refractivity contribution in [2.45, 2.75) is 63.5 Å². The van der Waals surface area contributed by atoms with Crippen molar-refractivity contribution in [3.05, 3.63) is 17.0 Å². The zero-order valence-corrected chi connectivity index (χ0v) is 14.8. The van der Waals surface area contributed by atoms with Crippen LogP contribution in [0.1, 0.15) is 61.0 Å². The van der Waals surface area contributed by atoms with Crippen molar-refractivity contribution in [1.82, 2.24) is 9.78 Å². The van der Waals surface area contributed by atoms with E-state index in [4.69, 9.17) is 21.4 Å². The van der Waals surface area contributed by atoms with Crippen LogP contribution in [0.25, 0.3) is 0 Å². The molecule has 2 fully saturated rings. The molecule has 2 aliphatic rings. The highest BCUT2D eigenvalue weighted by atomic mass is 35.5. The maximum Gasteiger partial charge on any atom is 0.0800 e. The Bertz CT molecular complexity index is 511. The van der Waals surface area contributed by atoms with Crippen molar-refractivity contribution in [3.63, 3.8) is 0 Å². The maximum atomic E-state index is 6.49. The minimum absolute atomic E-state index is 0.0783. The number of halogens is 1. The Hall–Kier alpha value is -0.190. The van der Waals surface area contributed by atoms with Crippen LogP contribution < -0.4 is 0 Å². The van der Waals surface area contributed by atoms with E-state index < -0.39 is 0 Å². The fraction of sp³-hybridized carbons (Fsp3) is 0.812. The average molecular weight is 329 g/mol. The van der Waals surface area contributed by atoms with Gasteiger partial charge >= 0.3 is 0 Å². The Morgan fingerprint density at radius 3 is 3.00 bits per heavy atom. The Morgan fingerprint density at radius 2 is 2.33 bits per heavy atom. The van der Waals surface area contributed by atoms with Crippen LogP contribution in [0, 0.1) is 13.8 Å². The van der Waals surface area contributed by atoms with E-state index in [9.17, 15) is 0 Å². The minimum atomic E-state index is 0.0783. The van der Waals surface area contributed by atoms with E-state index in [1.165, 1.54) is 23.4 Å². The molecule has 1 aromatic rings. The van der Waals surface area contributed by atoms with Gasteiger partial charge in [0, 0.05) is 23.6 Å². The Labute approximate surface area is 136 Å². The van der Waals surface area contributed by atoms with Crippen LogP contribution in [0.4, 0.5) is 0 Å². The molecule has 3 rings (SSSR count). The van der Waals surface area contributed by atoms with Gasteiger partial charge in [0.25, 0.3) is 0 Å².